The third-order valence-electron chi connectivity index (χ3n) is 6.20. The molecule has 0 radical (unpaired) electrons. The lowest BCUT2D eigenvalue weighted by molar-refractivity contribution is -0.305. The maximum atomic E-state index is 14.1. The molecule has 0 N–H and O–H groups in total. The fourth-order valence-electron chi connectivity index (χ4n) is 4.57. The molecule has 1 heterocycles. The first-order chi connectivity index (χ1) is 12.8. The van der Waals surface area contributed by atoms with Crippen molar-refractivity contribution in [1.82, 2.24) is 4.90 Å². The lowest BCUT2D eigenvalue weighted by Gasteiger charge is -2.62. The number of ether oxygens (including phenoxy) is 3. The zero-order chi connectivity index (χ0) is 20.8. The van der Waals surface area contributed by atoms with Crippen molar-refractivity contribution in [2.24, 2.45) is 5.41 Å². The average molecular weight is 404 g/mol. The van der Waals surface area contributed by atoms with E-state index in [2.05, 4.69) is 25.7 Å². The molecule has 2 aliphatic carbocycles. The fourth-order valence-corrected chi connectivity index (χ4v) is 4.57. The van der Waals surface area contributed by atoms with Gasteiger partial charge in [0.15, 0.2) is 0 Å². The molecular weight excluding hydrogens is 364 g/mol. The highest BCUT2D eigenvalue weighted by molar-refractivity contribution is 5.07. The van der Waals surface area contributed by atoms with Crippen LogP contribution in [0.15, 0.2) is 0 Å². The summed E-state index contributed by atoms with van der Waals surface area (Å²) in [5, 5.41) is 0. The van der Waals surface area contributed by atoms with E-state index in [0.717, 1.165) is 38.8 Å². The molecule has 3 aliphatic rings. The Labute approximate surface area is 169 Å². The molecule has 6 heteroatoms. The predicted octanol–water partition coefficient (Wildman–Crippen LogP) is 5.00. The molecule has 0 atom stereocenters. The van der Waals surface area contributed by atoms with E-state index in [1.54, 1.807) is 0 Å². The highest BCUT2D eigenvalue weighted by Gasteiger charge is 2.56. The predicted molar refractivity (Wildman–Crippen MR) is 106 cm³/mol. The van der Waals surface area contributed by atoms with Gasteiger partial charge in [0.1, 0.15) is 0 Å². The smallest absolute Gasteiger partial charge is 0.356 e. The zero-order valence-electron chi connectivity index (χ0n) is 18.5. The van der Waals surface area contributed by atoms with Gasteiger partial charge in [-0.25, -0.2) is 0 Å². The molecule has 3 rings (SSSR count). The van der Waals surface area contributed by atoms with Crippen LogP contribution in [0.2, 0.25) is 0 Å². The zero-order valence-corrected chi connectivity index (χ0v) is 18.5. The van der Waals surface area contributed by atoms with Crippen LogP contribution in [0.25, 0.3) is 0 Å². The van der Waals surface area contributed by atoms with Crippen molar-refractivity contribution in [3.8, 4) is 0 Å². The number of alkyl halides is 2. The van der Waals surface area contributed by atoms with Crippen LogP contribution in [-0.4, -0.2) is 60.2 Å². The summed E-state index contributed by atoms with van der Waals surface area (Å²) in [6, 6.07) is 0. The summed E-state index contributed by atoms with van der Waals surface area (Å²) < 4.78 is 44.9. The Morgan fingerprint density at radius 2 is 1.50 bits per heavy atom. The number of rotatable bonds is 8. The number of hydrogen-bond donors (Lipinski definition) is 0. The Kier molecular flexibility index (Phi) is 6.20. The van der Waals surface area contributed by atoms with Crippen molar-refractivity contribution in [3.05, 3.63) is 0 Å². The van der Waals surface area contributed by atoms with Crippen LogP contribution in [0, 0.1) is 5.41 Å². The third kappa shape index (κ3) is 5.87. The van der Waals surface area contributed by atoms with Crippen molar-refractivity contribution in [2.75, 3.05) is 19.7 Å². The first-order valence-corrected chi connectivity index (χ1v) is 10.9. The summed E-state index contributed by atoms with van der Waals surface area (Å²) in [4.78, 5) is 2.41. The van der Waals surface area contributed by atoms with Crippen LogP contribution in [0.1, 0.15) is 80.1 Å². The number of likely N-dealkylation sites (tertiary alicyclic amines) is 1. The quantitative estimate of drug-likeness (QED) is 0.534. The van der Waals surface area contributed by atoms with Crippen LogP contribution in [-0.2, 0) is 14.2 Å². The van der Waals surface area contributed by atoms with E-state index in [9.17, 15) is 8.78 Å². The molecule has 0 aromatic carbocycles. The molecule has 4 nitrogen and oxygen atoms in total. The number of halogens is 2. The molecule has 28 heavy (non-hydrogen) atoms. The molecule has 0 amide bonds. The summed E-state index contributed by atoms with van der Waals surface area (Å²) in [7, 11) is 0. The van der Waals surface area contributed by atoms with Crippen molar-refractivity contribution in [2.45, 2.75) is 116 Å². The molecule has 3 fully saturated rings. The Morgan fingerprint density at radius 1 is 0.893 bits per heavy atom. The summed E-state index contributed by atoms with van der Waals surface area (Å²) in [6.07, 6.45) is 0.370. The largest absolute Gasteiger partial charge is 0.378 e. The van der Waals surface area contributed by atoms with Crippen LogP contribution in [0.4, 0.5) is 8.78 Å². The summed E-state index contributed by atoms with van der Waals surface area (Å²) in [5.74, 6) is 0. The van der Waals surface area contributed by atoms with Gasteiger partial charge in [-0.05, 0) is 73.6 Å². The SMILES string of the molecule is CC(C)(C)OC1CC(OCCCC(F)(F)OC2CC3(C2)CN(C(C)(C)C)C3)C1. The van der Waals surface area contributed by atoms with Gasteiger partial charge in [-0.3, -0.25) is 4.90 Å². The lowest BCUT2D eigenvalue weighted by atomic mass is 9.61. The Bertz CT molecular complexity index is 521. The first kappa shape index (κ1) is 22.4. The van der Waals surface area contributed by atoms with E-state index in [4.69, 9.17) is 14.2 Å². The van der Waals surface area contributed by atoms with E-state index in [1.165, 1.54) is 0 Å². The van der Waals surface area contributed by atoms with Gasteiger partial charge in [0.2, 0.25) is 0 Å². The monoisotopic (exact) mass is 403 g/mol. The van der Waals surface area contributed by atoms with E-state index in [0.29, 0.717) is 13.0 Å². The van der Waals surface area contributed by atoms with Gasteiger partial charge in [-0.1, -0.05) is 0 Å². The Hall–Kier alpha value is -0.300. The molecular formula is C22H39F2NO3. The topological polar surface area (TPSA) is 30.9 Å². The van der Waals surface area contributed by atoms with Crippen molar-refractivity contribution in [3.63, 3.8) is 0 Å². The van der Waals surface area contributed by atoms with Gasteiger partial charge in [0, 0.05) is 37.1 Å². The third-order valence-corrected chi connectivity index (χ3v) is 6.20. The molecule has 2 saturated carbocycles. The second-order valence-electron chi connectivity index (χ2n) is 11.2. The van der Waals surface area contributed by atoms with Gasteiger partial charge in [0.05, 0.1) is 23.9 Å². The molecule has 1 aliphatic heterocycles. The summed E-state index contributed by atoms with van der Waals surface area (Å²) >= 11 is 0. The molecule has 1 saturated heterocycles. The van der Waals surface area contributed by atoms with Gasteiger partial charge in [-0.2, -0.15) is 8.78 Å². The summed E-state index contributed by atoms with van der Waals surface area (Å²) in [5.41, 5.74) is 0.257. The maximum absolute atomic E-state index is 14.1. The highest BCUT2D eigenvalue weighted by atomic mass is 19.3. The number of hydrogen-bond acceptors (Lipinski definition) is 4. The fraction of sp³-hybridized carbons (Fsp3) is 1.00. The molecule has 0 aromatic rings. The molecule has 0 bridgehead atoms. The van der Waals surface area contributed by atoms with E-state index in [1.807, 2.05) is 20.8 Å². The molecule has 1 spiro atoms. The Morgan fingerprint density at radius 3 is 2.04 bits per heavy atom. The van der Waals surface area contributed by atoms with Gasteiger partial charge in [0.25, 0.3) is 0 Å². The van der Waals surface area contributed by atoms with Crippen LogP contribution >= 0.6 is 0 Å². The minimum absolute atomic E-state index is 0.139. The molecule has 0 aromatic heterocycles. The second-order valence-corrected chi connectivity index (χ2v) is 11.2. The van der Waals surface area contributed by atoms with Crippen LogP contribution < -0.4 is 0 Å². The normalized spacial score (nSPS) is 28.7. The van der Waals surface area contributed by atoms with Crippen molar-refractivity contribution >= 4 is 0 Å². The van der Waals surface area contributed by atoms with E-state index in [-0.39, 0.29) is 41.3 Å². The van der Waals surface area contributed by atoms with Gasteiger partial charge >= 0.3 is 6.11 Å². The maximum Gasteiger partial charge on any atom is 0.356 e. The minimum atomic E-state index is -3.04. The average Bonchev–Trinajstić information content (AvgIpc) is 2.38. The van der Waals surface area contributed by atoms with Gasteiger partial charge in [-0.15, -0.1) is 0 Å². The Balaban J connectivity index is 1.23. The summed E-state index contributed by atoms with van der Waals surface area (Å²) in [6.45, 7) is 15.1. The van der Waals surface area contributed by atoms with E-state index < -0.39 is 6.11 Å². The number of nitrogens with zero attached hydrogens (tertiary/aromatic N) is 1. The second kappa shape index (κ2) is 7.75. The minimum Gasteiger partial charge on any atom is -0.378 e. The first-order valence-electron chi connectivity index (χ1n) is 10.9. The van der Waals surface area contributed by atoms with Crippen molar-refractivity contribution in [1.29, 1.82) is 0 Å². The van der Waals surface area contributed by atoms with Crippen LogP contribution in [0.5, 0.6) is 0 Å². The standard InChI is InChI=1S/C22H39F2NO3/c1-19(2,3)25-14-21(15-25)12-18(13-21)28-22(23,24)8-7-9-26-16-10-17(11-16)27-20(4,5)6/h16-18H,7-15H2,1-6H3. The highest BCUT2D eigenvalue weighted by Crippen LogP contribution is 2.52. The molecule has 0 unspecified atom stereocenters. The van der Waals surface area contributed by atoms with E-state index >= 15 is 0 Å². The molecule has 164 valence electrons. The van der Waals surface area contributed by atoms with Gasteiger partial charge < -0.3 is 14.2 Å². The lowest BCUT2D eigenvalue weighted by Crippen LogP contribution is -2.68. The van der Waals surface area contributed by atoms with Crippen LogP contribution in [0.3, 0.4) is 0 Å². The van der Waals surface area contributed by atoms with Crippen molar-refractivity contribution < 1.29 is 23.0 Å².